The first kappa shape index (κ1) is 8.48. The van der Waals surface area contributed by atoms with Crippen molar-refractivity contribution in [2.45, 2.75) is 38.0 Å². The Labute approximate surface area is 84.3 Å². The molecule has 1 aliphatic heterocycles. The smallest absolute Gasteiger partial charge is 0.109 e. The summed E-state index contributed by atoms with van der Waals surface area (Å²) < 4.78 is 0. The molecule has 3 heteroatoms. The molecule has 2 aliphatic rings. The molecule has 3 nitrogen and oxygen atoms in total. The van der Waals surface area contributed by atoms with Crippen molar-refractivity contribution in [2.24, 2.45) is 0 Å². The minimum absolute atomic E-state index is 0.667. The van der Waals surface area contributed by atoms with Gasteiger partial charge in [-0.15, -0.1) is 0 Å². The van der Waals surface area contributed by atoms with Gasteiger partial charge < -0.3 is 10.3 Å². The van der Waals surface area contributed by atoms with Crippen molar-refractivity contribution in [3.8, 4) is 0 Å². The molecule has 2 heterocycles. The minimum Gasteiger partial charge on any atom is -0.346 e. The molecule has 0 unspecified atom stereocenters. The second-order valence-corrected chi connectivity index (χ2v) is 4.62. The van der Waals surface area contributed by atoms with E-state index in [1.807, 2.05) is 0 Å². The molecule has 2 N–H and O–H groups in total. The summed E-state index contributed by atoms with van der Waals surface area (Å²) in [6.07, 6.45) is 4.04. The van der Waals surface area contributed by atoms with Crippen molar-refractivity contribution in [1.82, 2.24) is 15.3 Å². The Bertz CT molecular complexity index is 334. The lowest BCUT2D eigenvalue weighted by Crippen LogP contribution is -2.40. The third-order valence-electron chi connectivity index (χ3n) is 3.60. The van der Waals surface area contributed by atoms with Crippen LogP contribution in [-0.4, -0.2) is 23.1 Å². The zero-order valence-corrected chi connectivity index (χ0v) is 8.64. The molecule has 1 saturated carbocycles. The van der Waals surface area contributed by atoms with Gasteiger partial charge in [-0.1, -0.05) is 6.42 Å². The fourth-order valence-electron chi connectivity index (χ4n) is 2.25. The molecule has 3 rings (SSSR count). The van der Waals surface area contributed by atoms with Crippen LogP contribution in [-0.2, 0) is 0 Å². The summed E-state index contributed by atoms with van der Waals surface area (Å²) in [6, 6.07) is 0. The molecular weight excluding hydrogens is 174 g/mol. The number of aromatic nitrogens is 2. The van der Waals surface area contributed by atoms with Gasteiger partial charge >= 0.3 is 0 Å². The van der Waals surface area contributed by atoms with Gasteiger partial charge in [0.15, 0.2) is 0 Å². The highest BCUT2D eigenvalue weighted by Crippen LogP contribution is 2.36. The lowest BCUT2D eigenvalue weighted by atomic mass is 9.85. The molecule has 1 aliphatic carbocycles. The number of aryl methyl sites for hydroxylation is 1. The minimum atomic E-state index is 0.667. The summed E-state index contributed by atoms with van der Waals surface area (Å²) in [4.78, 5) is 8.22. The van der Waals surface area contributed by atoms with Crippen molar-refractivity contribution >= 4 is 0 Å². The van der Waals surface area contributed by atoms with Gasteiger partial charge in [-0.2, -0.15) is 0 Å². The average molecular weight is 191 g/mol. The zero-order chi connectivity index (χ0) is 9.54. The molecule has 0 radical (unpaired) electrons. The SMILES string of the molecule is Cc1[nH]c(C2CCC2)nc1C1CNC1. The first-order valence-corrected chi connectivity index (χ1v) is 5.61. The Kier molecular flexibility index (Phi) is 1.87. The summed E-state index contributed by atoms with van der Waals surface area (Å²) in [6.45, 7) is 4.37. The maximum atomic E-state index is 4.76. The third kappa shape index (κ3) is 1.19. The molecule has 0 amide bonds. The quantitative estimate of drug-likeness (QED) is 0.746. The Hall–Kier alpha value is -0.830. The van der Waals surface area contributed by atoms with E-state index in [9.17, 15) is 0 Å². The molecular formula is C11H17N3. The van der Waals surface area contributed by atoms with Gasteiger partial charge in [0, 0.05) is 30.6 Å². The molecule has 14 heavy (non-hydrogen) atoms. The van der Waals surface area contributed by atoms with Gasteiger partial charge in [0.25, 0.3) is 0 Å². The Morgan fingerprint density at radius 2 is 2.00 bits per heavy atom. The number of hydrogen-bond donors (Lipinski definition) is 2. The van der Waals surface area contributed by atoms with Crippen molar-refractivity contribution in [1.29, 1.82) is 0 Å². The van der Waals surface area contributed by atoms with Gasteiger partial charge in [-0.25, -0.2) is 4.98 Å². The summed E-state index contributed by atoms with van der Waals surface area (Å²) >= 11 is 0. The van der Waals surface area contributed by atoms with Crippen molar-refractivity contribution in [3.05, 3.63) is 17.2 Å². The average Bonchev–Trinajstić information content (AvgIpc) is 2.25. The second-order valence-electron chi connectivity index (χ2n) is 4.62. The fourth-order valence-corrected chi connectivity index (χ4v) is 2.25. The van der Waals surface area contributed by atoms with E-state index in [4.69, 9.17) is 4.98 Å². The van der Waals surface area contributed by atoms with Gasteiger partial charge in [0.1, 0.15) is 5.82 Å². The molecule has 0 spiro atoms. The predicted molar refractivity (Wildman–Crippen MR) is 55.5 cm³/mol. The van der Waals surface area contributed by atoms with E-state index in [1.54, 1.807) is 0 Å². The number of H-pyrrole nitrogens is 1. The van der Waals surface area contributed by atoms with Crippen molar-refractivity contribution in [3.63, 3.8) is 0 Å². The zero-order valence-electron chi connectivity index (χ0n) is 8.64. The van der Waals surface area contributed by atoms with Crippen LogP contribution in [0.2, 0.25) is 0 Å². The van der Waals surface area contributed by atoms with Gasteiger partial charge in [-0.05, 0) is 19.8 Å². The van der Waals surface area contributed by atoms with Crippen LogP contribution in [0.3, 0.4) is 0 Å². The summed E-state index contributed by atoms with van der Waals surface area (Å²) in [5, 5.41) is 3.30. The molecule has 0 aromatic carbocycles. The normalized spacial score (nSPS) is 23.2. The maximum absolute atomic E-state index is 4.76. The van der Waals surface area contributed by atoms with E-state index in [2.05, 4.69) is 17.2 Å². The number of aromatic amines is 1. The van der Waals surface area contributed by atoms with E-state index < -0.39 is 0 Å². The topological polar surface area (TPSA) is 40.7 Å². The standard InChI is InChI=1S/C11H17N3/c1-7-10(9-5-12-6-9)14-11(13-7)8-3-2-4-8/h8-9,12H,2-6H2,1H3,(H,13,14). The van der Waals surface area contributed by atoms with Crippen LogP contribution in [0.25, 0.3) is 0 Å². The first-order valence-electron chi connectivity index (χ1n) is 5.61. The number of rotatable bonds is 2. The molecule has 0 bridgehead atoms. The van der Waals surface area contributed by atoms with E-state index >= 15 is 0 Å². The highest BCUT2D eigenvalue weighted by molar-refractivity contribution is 5.22. The molecule has 1 saturated heterocycles. The second kappa shape index (κ2) is 3.09. The Morgan fingerprint density at radius 3 is 2.50 bits per heavy atom. The summed E-state index contributed by atoms with van der Waals surface area (Å²) in [5.74, 6) is 2.64. The van der Waals surface area contributed by atoms with E-state index in [-0.39, 0.29) is 0 Å². The highest BCUT2D eigenvalue weighted by atomic mass is 15.0. The van der Waals surface area contributed by atoms with Crippen LogP contribution in [0.5, 0.6) is 0 Å². The molecule has 1 aromatic heterocycles. The highest BCUT2D eigenvalue weighted by Gasteiger charge is 2.27. The predicted octanol–water partition coefficient (Wildman–Crippen LogP) is 1.67. The van der Waals surface area contributed by atoms with Crippen LogP contribution in [0.15, 0.2) is 0 Å². The maximum Gasteiger partial charge on any atom is 0.109 e. The van der Waals surface area contributed by atoms with E-state index in [0.29, 0.717) is 5.92 Å². The summed E-state index contributed by atoms with van der Waals surface area (Å²) in [7, 11) is 0. The fraction of sp³-hybridized carbons (Fsp3) is 0.727. The van der Waals surface area contributed by atoms with Crippen LogP contribution >= 0.6 is 0 Å². The van der Waals surface area contributed by atoms with Gasteiger partial charge in [0.05, 0.1) is 5.69 Å². The molecule has 2 fully saturated rings. The van der Waals surface area contributed by atoms with E-state index in [1.165, 1.54) is 36.5 Å². The van der Waals surface area contributed by atoms with Crippen LogP contribution in [0, 0.1) is 6.92 Å². The van der Waals surface area contributed by atoms with Crippen molar-refractivity contribution < 1.29 is 0 Å². The van der Waals surface area contributed by atoms with Crippen LogP contribution in [0.1, 0.15) is 48.3 Å². The van der Waals surface area contributed by atoms with Gasteiger partial charge in [-0.3, -0.25) is 0 Å². The Morgan fingerprint density at radius 1 is 1.21 bits per heavy atom. The molecule has 1 aromatic rings. The lowest BCUT2D eigenvalue weighted by molar-refractivity contribution is 0.400. The number of nitrogens with one attached hydrogen (secondary N) is 2. The van der Waals surface area contributed by atoms with E-state index in [0.717, 1.165) is 19.0 Å². The molecule has 0 atom stereocenters. The van der Waals surface area contributed by atoms with Crippen molar-refractivity contribution in [2.75, 3.05) is 13.1 Å². The summed E-state index contributed by atoms with van der Waals surface area (Å²) in [5.41, 5.74) is 2.60. The largest absolute Gasteiger partial charge is 0.346 e. The Balaban J connectivity index is 1.84. The first-order chi connectivity index (χ1) is 6.84. The third-order valence-corrected chi connectivity index (χ3v) is 3.60. The van der Waals surface area contributed by atoms with Gasteiger partial charge in [0.2, 0.25) is 0 Å². The van der Waals surface area contributed by atoms with Crippen LogP contribution in [0.4, 0.5) is 0 Å². The number of hydrogen-bond acceptors (Lipinski definition) is 2. The number of nitrogens with zero attached hydrogens (tertiary/aromatic N) is 1. The lowest BCUT2D eigenvalue weighted by Gasteiger charge is -2.26. The monoisotopic (exact) mass is 191 g/mol. The van der Waals surface area contributed by atoms with Crippen LogP contribution < -0.4 is 5.32 Å². The number of imidazole rings is 1. The molecule has 76 valence electrons.